The topological polar surface area (TPSA) is 46.2 Å². The van der Waals surface area contributed by atoms with Crippen LogP contribution in [0, 0.1) is 17.2 Å². The van der Waals surface area contributed by atoms with Gasteiger partial charge < -0.3 is 0 Å². The van der Waals surface area contributed by atoms with Crippen LogP contribution in [0.15, 0.2) is 27.6 Å². The zero-order valence-electron chi connectivity index (χ0n) is 10.3. The molecule has 3 rings (SSSR count). The summed E-state index contributed by atoms with van der Waals surface area (Å²) < 4.78 is 41.0. The highest BCUT2D eigenvalue weighted by atomic mass is 79.9. The summed E-state index contributed by atoms with van der Waals surface area (Å²) >= 11 is 3.12. The Labute approximate surface area is 120 Å². The first-order valence-electron chi connectivity index (χ1n) is 6.38. The minimum absolute atomic E-state index is 0.166. The molecule has 1 aromatic carbocycles. The molecule has 19 heavy (non-hydrogen) atoms. The van der Waals surface area contributed by atoms with Crippen molar-refractivity contribution >= 4 is 26.0 Å². The zero-order chi connectivity index (χ0) is 13.7. The van der Waals surface area contributed by atoms with Gasteiger partial charge in [0.1, 0.15) is 10.7 Å². The van der Waals surface area contributed by atoms with E-state index in [1.807, 2.05) is 0 Å². The molecule has 0 amide bonds. The van der Waals surface area contributed by atoms with Crippen LogP contribution in [0.25, 0.3) is 0 Å². The van der Waals surface area contributed by atoms with Gasteiger partial charge in [-0.3, -0.25) is 0 Å². The highest BCUT2D eigenvalue weighted by Crippen LogP contribution is 2.60. The molecular weight excluding hydrogens is 333 g/mol. The van der Waals surface area contributed by atoms with Crippen LogP contribution < -0.4 is 4.72 Å². The Hall–Kier alpha value is -0.460. The highest BCUT2D eigenvalue weighted by Gasteiger charge is 2.53. The molecular formula is C13H15BrFNO2S. The fourth-order valence-corrected chi connectivity index (χ4v) is 4.12. The van der Waals surface area contributed by atoms with E-state index in [0.29, 0.717) is 16.9 Å². The molecule has 0 aliphatic heterocycles. The first-order valence-corrected chi connectivity index (χ1v) is 8.65. The van der Waals surface area contributed by atoms with Crippen LogP contribution in [0.5, 0.6) is 0 Å². The third-order valence-electron chi connectivity index (χ3n) is 4.13. The van der Waals surface area contributed by atoms with Gasteiger partial charge in [-0.1, -0.05) is 15.9 Å². The van der Waals surface area contributed by atoms with E-state index >= 15 is 0 Å². The Morgan fingerprint density at radius 2 is 2.05 bits per heavy atom. The van der Waals surface area contributed by atoms with Crippen molar-refractivity contribution in [3.63, 3.8) is 0 Å². The number of halogens is 2. The van der Waals surface area contributed by atoms with Gasteiger partial charge in [0.2, 0.25) is 10.0 Å². The highest BCUT2D eigenvalue weighted by molar-refractivity contribution is 9.10. The lowest BCUT2D eigenvalue weighted by Crippen LogP contribution is -2.31. The van der Waals surface area contributed by atoms with Crippen LogP contribution in [-0.2, 0) is 10.0 Å². The lowest BCUT2D eigenvalue weighted by atomic mass is 10.0. The SMILES string of the molecule is O=S(=O)(NCC1(C2CC2)CC1)c1ccc(Br)cc1F. The van der Waals surface area contributed by atoms with E-state index in [0.717, 1.165) is 12.8 Å². The fraction of sp³-hybridized carbons (Fsp3) is 0.538. The lowest BCUT2D eigenvalue weighted by Gasteiger charge is -2.15. The molecule has 3 nitrogen and oxygen atoms in total. The van der Waals surface area contributed by atoms with Crippen molar-refractivity contribution in [3.05, 3.63) is 28.5 Å². The standard InChI is InChI=1S/C13H15BrFNO2S/c14-10-3-4-12(11(15)7-10)19(17,18)16-8-13(5-6-13)9-1-2-9/h3-4,7,9,16H,1-2,5-6,8H2. The van der Waals surface area contributed by atoms with Crippen molar-refractivity contribution in [2.75, 3.05) is 6.54 Å². The summed E-state index contributed by atoms with van der Waals surface area (Å²) in [6.45, 7) is 0.440. The summed E-state index contributed by atoms with van der Waals surface area (Å²) in [6, 6.07) is 3.99. The first-order chi connectivity index (χ1) is 8.93. The molecule has 0 atom stereocenters. The molecule has 2 saturated carbocycles. The van der Waals surface area contributed by atoms with Crippen LogP contribution in [0.2, 0.25) is 0 Å². The van der Waals surface area contributed by atoms with E-state index in [4.69, 9.17) is 0 Å². The number of sulfonamides is 1. The number of rotatable bonds is 5. The lowest BCUT2D eigenvalue weighted by molar-refractivity contribution is 0.431. The molecule has 0 aromatic heterocycles. The summed E-state index contributed by atoms with van der Waals surface area (Å²) in [5.74, 6) is -0.0527. The molecule has 1 N–H and O–H groups in total. The van der Waals surface area contributed by atoms with Crippen LogP contribution in [0.4, 0.5) is 4.39 Å². The second kappa shape index (κ2) is 4.53. The van der Waals surface area contributed by atoms with Crippen molar-refractivity contribution in [2.45, 2.75) is 30.6 Å². The van der Waals surface area contributed by atoms with Crippen molar-refractivity contribution < 1.29 is 12.8 Å². The van der Waals surface area contributed by atoms with Crippen LogP contribution in [0.1, 0.15) is 25.7 Å². The average Bonchev–Trinajstić information content (AvgIpc) is 3.19. The Balaban J connectivity index is 1.75. The van der Waals surface area contributed by atoms with Crippen LogP contribution in [-0.4, -0.2) is 15.0 Å². The van der Waals surface area contributed by atoms with Gasteiger partial charge in [0, 0.05) is 11.0 Å². The number of hydrogen-bond donors (Lipinski definition) is 1. The molecule has 0 spiro atoms. The van der Waals surface area contributed by atoms with E-state index in [-0.39, 0.29) is 10.3 Å². The third-order valence-corrected chi connectivity index (χ3v) is 6.06. The summed E-state index contributed by atoms with van der Waals surface area (Å²) in [7, 11) is -3.75. The zero-order valence-corrected chi connectivity index (χ0v) is 12.7. The summed E-state index contributed by atoms with van der Waals surface area (Å²) in [5.41, 5.74) is 0.166. The van der Waals surface area contributed by atoms with Crippen molar-refractivity contribution in [2.24, 2.45) is 11.3 Å². The summed E-state index contributed by atoms with van der Waals surface area (Å²) in [4.78, 5) is -0.276. The second-order valence-electron chi connectivity index (χ2n) is 5.54. The number of benzene rings is 1. The molecule has 0 bridgehead atoms. The first kappa shape index (κ1) is 13.5. The van der Waals surface area contributed by atoms with E-state index < -0.39 is 15.8 Å². The maximum absolute atomic E-state index is 13.7. The van der Waals surface area contributed by atoms with Gasteiger partial charge in [-0.25, -0.2) is 17.5 Å². The third kappa shape index (κ3) is 2.71. The van der Waals surface area contributed by atoms with Gasteiger partial charge in [0.15, 0.2) is 0 Å². The number of hydrogen-bond acceptors (Lipinski definition) is 2. The van der Waals surface area contributed by atoms with Crippen LogP contribution >= 0.6 is 15.9 Å². The quantitative estimate of drug-likeness (QED) is 0.889. The van der Waals surface area contributed by atoms with Crippen LogP contribution in [0.3, 0.4) is 0 Å². The van der Waals surface area contributed by atoms with E-state index in [9.17, 15) is 12.8 Å². The Bertz CT molecular complexity index is 609. The van der Waals surface area contributed by atoms with Gasteiger partial charge in [-0.05, 0) is 55.2 Å². The second-order valence-corrected chi connectivity index (χ2v) is 8.19. The molecule has 0 saturated heterocycles. The van der Waals surface area contributed by atoms with E-state index in [1.54, 1.807) is 0 Å². The molecule has 104 valence electrons. The minimum atomic E-state index is -3.75. The van der Waals surface area contributed by atoms with Crippen molar-refractivity contribution in [1.82, 2.24) is 4.72 Å². The molecule has 0 heterocycles. The predicted molar refractivity (Wildman–Crippen MR) is 73.7 cm³/mol. The smallest absolute Gasteiger partial charge is 0.210 e. The molecule has 1 aromatic rings. The molecule has 2 fully saturated rings. The van der Waals surface area contributed by atoms with Crippen molar-refractivity contribution in [3.8, 4) is 0 Å². The summed E-state index contributed by atoms with van der Waals surface area (Å²) in [6.07, 6.45) is 4.58. The van der Waals surface area contributed by atoms with Gasteiger partial charge in [-0.2, -0.15) is 0 Å². The Morgan fingerprint density at radius 1 is 1.37 bits per heavy atom. The van der Waals surface area contributed by atoms with Crippen molar-refractivity contribution in [1.29, 1.82) is 0 Å². The maximum atomic E-state index is 13.7. The molecule has 0 radical (unpaired) electrons. The molecule has 6 heteroatoms. The largest absolute Gasteiger partial charge is 0.243 e. The normalized spacial score (nSPS) is 21.4. The summed E-state index contributed by atoms with van der Waals surface area (Å²) in [5, 5.41) is 0. The molecule has 2 aliphatic carbocycles. The molecule has 2 aliphatic rings. The minimum Gasteiger partial charge on any atom is -0.210 e. The van der Waals surface area contributed by atoms with E-state index in [2.05, 4.69) is 20.7 Å². The molecule has 0 unspecified atom stereocenters. The number of nitrogens with one attached hydrogen (secondary N) is 1. The predicted octanol–water partition coefficient (Wildman–Crippen LogP) is 3.06. The Kier molecular flexibility index (Phi) is 3.22. The van der Waals surface area contributed by atoms with E-state index in [1.165, 1.54) is 31.0 Å². The van der Waals surface area contributed by atoms with Gasteiger partial charge in [0.25, 0.3) is 0 Å². The maximum Gasteiger partial charge on any atom is 0.243 e. The van der Waals surface area contributed by atoms with Gasteiger partial charge in [-0.15, -0.1) is 0 Å². The fourth-order valence-electron chi connectivity index (χ4n) is 2.60. The average molecular weight is 348 g/mol. The monoisotopic (exact) mass is 347 g/mol. The Morgan fingerprint density at radius 3 is 2.58 bits per heavy atom. The van der Waals surface area contributed by atoms with Gasteiger partial charge in [0.05, 0.1) is 0 Å². The van der Waals surface area contributed by atoms with Gasteiger partial charge >= 0.3 is 0 Å².